The van der Waals surface area contributed by atoms with Gasteiger partial charge >= 0.3 is 0 Å². The van der Waals surface area contributed by atoms with E-state index in [0.717, 1.165) is 17.7 Å². The number of hydrogen-bond acceptors (Lipinski definition) is 7. The van der Waals surface area contributed by atoms with Gasteiger partial charge in [0, 0.05) is 24.7 Å². The van der Waals surface area contributed by atoms with E-state index in [0.29, 0.717) is 37.2 Å². The number of benzene rings is 1. The number of tetrazole rings is 1. The number of morpholine rings is 1. The molecule has 2 N–H and O–H groups in total. The molecule has 11 heteroatoms. The third kappa shape index (κ3) is 3.66. The van der Waals surface area contributed by atoms with Crippen LogP contribution in [0.1, 0.15) is 12.0 Å². The number of hydrogen-bond donors (Lipinski definition) is 2. The maximum absolute atomic E-state index is 13.1. The number of likely N-dealkylation sites (tertiary alicyclic amines) is 1. The van der Waals surface area contributed by atoms with Gasteiger partial charge in [-0.2, -0.15) is 0 Å². The maximum Gasteiger partial charge on any atom is 0.243 e. The average Bonchev–Trinajstić information content (AvgIpc) is 3.16. The molecule has 30 heavy (non-hydrogen) atoms. The van der Waals surface area contributed by atoms with Crippen LogP contribution in [0.4, 0.5) is 0 Å². The number of fused-ring (bicyclic) bond motifs is 1. The Balaban J connectivity index is 1.29. The summed E-state index contributed by atoms with van der Waals surface area (Å²) in [6.45, 7) is 2.48. The molecule has 2 amide bonds. The van der Waals surface area contributed by atoms with Crippen molar-refractivity contribution in [1.29, 1.82) is 0 Å². The Morgan fingerprint density at radius 2 is 2.27 bits per heavy atom. The van der Waals surface area contributed by atoms with Crippen LogP contribution in [-0.2, 0) is 20.9 Å². The number of carbonyl (C=O) groups excluding carboxylic acids is 2. The highest BCUT2D eigenvalue weighted by atomic mass is 35.5. The van der Waals surface area contributed by atoms with E-state index in [-0.39, 0.29) is 30.3 Å². The smallest absolute Gasteiger partial charge is 0.243 e. The highest BCUT2D eigenvalue weighted by molar-refractivity contribution is 6.30. The van der Waals surface area contributed by atoms with Crippen molar-refractivity contribution in [2.75, 3.05) is 26.3 Å². The fourth-order valence-electron chi connectivity index (χ4n) is 4.43. The van der Waals surface area contributed by atoms with Crippen LogP contribution in [0.5, 0.6) is 0 Å². The molecule has 3 fully saturated rings. The van der Waals surface area contributed by atoms with Crippen LogP contribution in [0.3, 0.4) is 0 Å². The minimum Gasteiger partial charge on any atom is -0.378 e. The third-order valence-electron chi connectivity index (χ3n) is 6.01. The quantitative estimate of drug-likeness (QED) is 0.671. The van der Waals surface area contributed by atoms with E-state index >= 15 is 0 Å². The standard InChI is InChI=1S/C19H22ClN7O3/c20-13-1-2-16(27-10-23-24-25-27)11(5-13)7-22-18(28)17-14-6-12(14)8-26(17)19(29)15-9-30-4-3-21-15/h1-2,5,10,12,14-15,17,21H,3-4,6-9H2,(H,22,28)/t12-,14-,15+,17-/m0/s1. The Hall–Kier alpha value is -2.56. The van der Waals surface area contributed by atoms with E-state index in [1.54, 1.807) is 23.1 Å². The molecule has 2 aromatic rings. The van der Waals surface area contributed by atoms with E-state index in [9.17, 15) is 9.59 Å². The first kappa shape index (κ1) is 19.4. The van der Waals surface area contributed by atoms with Gasteiger partial charge in [0.1, 0.15) is 18.4 Å². The first-order valence-electron chi connectivity index (χ1n) is 10.0. The van der Waals surface area contributed by atoms with E-state index in [2.05, 4.69) is 26.2 Å². The number of piperidine rings is 1. The van der Waals surface area contributed by atoms with Crippen molar-refractivity contribution in [3.8, 4) is 5.69 Å². The van der Waals surface area contributed by atoms with E-state index in [1.807, 2.05) is 0 Å². The van der Waals surface area contributed by atoms with Crippen LogP contribution in [0.2, 0.25) is 5.02 Å². The van der Waals surface area contributed by atoms with Gasteiger partial charge < -0.3 is 20.3 Å². The predicted octanol–water partition coefficient (Wildman–Crippen LogP) is -0.233. The molecular formula is C19H22ClN7O3. The molecule has 1 aromatic carbocycles. The molecule has 0 radical (unpaired) electrons. The Bertz CT molecular complexity index is 948. The molecule has 1 aliphatic carbocycles. The minimum absolute atomic E-state index is 0.0563. The summed E-state index contributed by atoms with van der Waals surface area (Å²) >= 11 is 6.16. The molecule has 2 saturated heterocycles. The summed E-state index contributed by atoms with van der Waals surface area (Å²) < 4.78 is 6.94. The van der Waals surface area contributed by atoms with Gasteiger partial charge in [-0.05, 0) is 52.4 Å². The van der Waals surface area contributed by atoms with Crippen molar-refractivity contribution in [3.05, 3.63) is 35.1 Å². The summed E-state index contributed by atoms with van der Waals surface area (Å²) in [5.41, 5.74) is 1.52. The molecule has 3 aliphatic rings. The molecule has 10 nitrogen and oxygen atoms in total. The minimum atomic E-state index is -0.443. The molecular weight excluding hydrogens is 410 g/mol. The Labute approximate surface area is 177 Å². The molecule has 1 saturated carbocycles. The molecule has 0 bridgehead atoms. The van der Waals surface area contributed by atoms with Crippen molar-refractivity contribution in [1.82, 2.24) is 35.7 Å². The number of ether oxygens (including phenoxy) is 1. The van der Waals surface area contributed by atoms with Gasteiger partial charge in [-0.25, -0.2) is 4.68 Å². The second-order valence-corrected chi connectivity index (χ2v) is 8.36. The van der Waals surface area contributed by atoms with Crippen LogP contribution < -0.4 is 10.6 Å². The largest absolute Gasteiger partial charge is 0.378 e. The maximum atomic E-state index is 13.1. The fraction of sp³-hybridized carbons (Fsp3) is 0.526. The van der Waals surface area contributed by atoms with Crippen LogP contribution in [0.25, 0.3) is 5.69 Å². The van der Waals surface area contributed by atoms with Gasteiger partial charge in [-0.15, -0.1) is 5.10 Å². The average molecular weight is 432 g/mol. The first-order chi connectivity index (χ1) is 14.6. The predicted molar refractivity (Wildman–Crippen MR) is 106 cm³/mol. The van der Waals surface area contributed by atoms with Gasteiger partial charge in [0.25, 0.3) is 0 Å². The van der Waals surface area contributed by atoms with Gasteiger partial charge in [-0.3, -0.25) is 9.59 Å². The number of halogens is 1. The molecule has 4 atom stereocenters. The summed E-state index contributed by atoms with van der Waals surface area (Å²) in [6, 6.07) is 4.50. The molecule has 0 spiro atoms. The summed E-state index contributed by atoms with van der Waals surface area (Å²) in [5, 5.41) is 18.0. The molecule has 2 aliphatic heterocycles. The topological polar surface area (TPSA) is 114 Å². The molecule has 158 valence electrons. The summed E-state index contributed by atoms with van der Waals surface area (Å²) in [5.74, 6) is 0.445. The Morgan fingerprint density at radius 1 is 1.37 bits per heavy atom. The van der Waals surface area contributed by atoms with E-state index in [1.165, 1.54) is 11.0 Å². The highest BCUT2D eigenvalue weighted by Gasteiger charge is 2.57. The molecule has 1 aromatic heterocycles. The van der Waals surface area contributed by atoms with Crippen molar-refractivity contribution in [2.45, 2.75) is 25.0 Å². The molecule has 0 unspecified atom stereocenters. The number of nitrogens with zero attached hydrogens (tertiary/aromatic N) is 5. The van der Waals surface area contributed by atoms with Gasteiger partial charge in [0.15, 0.2) is 0 Å². The van der Waals surface area contributed by atoms with Crippen molar-refractivity contribution in [3.63, 3.8) is 0 Å². The first-order valence-corrected chi connectivity index (χ1v) is 10.4. The lowest BCUT2D eigenvalue weighted by Crippen LogP contribution is -2.57. The lowest BCUT2D eigenvalue weighted by atomic mass is 10.1. The van der Waals surface area contributed by atoms with Gasteiger partial charge in [0.2, 0.25) is 11.8 Å². The normalized spacial score (nSPS) is 27.6. The number of amides is 2. The Morgan fingerprint density at radius 3 is 3.03 bits per heavy atom. The highest BCUT2D eigenvalue weighted by Crippen LogP contribution is 2.49. The summed E-state index contributed by atoms with van der Waals surface area (Å²) in [4.78, 5) is 27.8. The van der Waals surface area contributed by atoms with Crippen LogP contribution >= 0.6 is 11.6 Å². The third-order valence-corrected chi connectivity index (χ3v) is 6.25. The second-order valence-electron chi connectivity index (χ2n) is 7.92. The van der Waals surface area contributed by atoms with Gasteiger partial charge in [-0.1, -0.05) is 11.6 Å². The van der Waals surface area contributed by atoms with Crippen LogP contribution in [0, 0.1) is 11.8 Å². The number of aromatic nitrogens is 4. The molecule has 5 rings (SSSR count). The zero-order valence-electron chi connectivity index (χ0n) is 16.2. The van der Waals surface area contributed by atoms with E-state index in [4.69, 9.17) is 16.3 Å². The van der Waals surface area contributed by atoms with Crippen molar-refractivity contribution < 1.29 is 14.3 Å². The zero-order chi connectivity index (χ0) is 20.7. The van der Waals surface area contributed by atoms with Crippen LogP contribution in [0.15, 0.2) is 24.5 Å². The summed E-state index contributed by atoms with van der Waals surface area (Å²) in [7, 11) is 0. The van der Waals surface area contributed by atoms with Gasteiger partial charge in [0.05, 0.1) is 18.9 Å². The second kappa shape index (κ2) is 7.93. The fourth-order valence-corrected chi connectivity index (χ4v) is 4.62. The van der Waals surface area contributed by atoms with Crippen molar-refractivity contribution >= 4 is 23.4 Å². The monoisotopic (exact) mass is 431 g/mol. The van der Waals surface area contributed by atoms with Crippen LogP contribution in [-0.4, -0.2) is 75.3 Å². The summed E-state index contributed by atoms with van der Waals surface area (Å²) in [6.07, 6.45) is 2.48. The lowest BCUT2D eigenvalue weighted by Gasteiger charge is -2.32. The zero-order valence-corrected chi connectivity index (χ0v) is 17.0. The lowest BCUT2D eigenvalue weighted by molar-refractivity contribution is -0.143. The number of carbonyl (C=O) groups is 2. The SMILES string of the molecule is O=C(NCc1cc(Cl)ccc1-n1cnnn1)[C@@H]1[C@H]2C[C@H]2CN1C(=O)[C@H]1COCCN1. The van der Waals surface area contributed by atoms with Crippen molar-refractivity contribution in [2.24, 2.45) is 11.8 Å². The Kier molecular flexibility index (Phi) is 5.13. The number of nitrogens with one attached hydrogen (secondary N) is 2. The van der Waals surface area contributed by atoms with E-state index < -0.39 is 6.04 Å². The number of rotatable bonds is 5. The molecule has 3 heterocycles.